The zero-order valence-corrected chi connectivity index (χ0v) is 14.6. The molecule has 3 rings (SSSR count). The summed E-state index contributed by atoms with van der Waals surface area (Å²) in [6.07, 6.45) is 2.98. The molecule has 0 saturated carbocycles. The minimum Gasteiger partial charge on any atom is -0.339 e. The minimum absolute atomic E-state index is 0.237. The van der Waals surface area contributed by atoms with Crippen molar-refractivity contribution in [3.05, 3.63) is 76.7 Å². The first kappa shape index (κ1) is 16.9. The average Bonchev–Trinajstić information content (AvgIpc) is 2.60. The summed E-state index contributed by atoms with van der Waals surface area (Å²) in [5.41, 5.74) is 4.16. The van der Waals surface area contributed by atoms with Crippen molar-refractivity contribution in [3.63, 3.8) is 0 Å². The van der Waals surface area contributed by atoms with Crippen LogP contribution < -0.4 is 10.6 Å². The first-order valence-electron chi connectivity index (χ1n) is 7.74. The second kappa shape index (κ2) is 7.32. The van der Waals surface area contributed by atoms with E-state index in [1.807, 2.05) is 26.0 Å². The molecular formula is C19H17ClN4O. The van der Waals surface area contributed by atoms with E-state index in [-0.39, 0.29) is 11.6 Å². The number of hydrogen-bond donors (Lipinski definition) is 2. The second-order valence-electron chi connectivity index (χ2n) is 5.69. The molecule has 0 saturated heterocycles. The number of amides is 1. The molecule has 0 unspecified atom stereocenters. The molecule has 0 atom stereocenters. The van der Waals surface area contributed by atoms with Gasteiger partial charge in [-0.2, -0.15) is 0 Å². The van der Waals surface area contributed by atoms with Gasteiger partial charge in [-0.15, -0.1) is 0 Å². The fourth-order valence-corrected chi connectivity index (χ4v) is 2.46. The third kappa shape index (κ3) is 4.33. The summed E-state index contributed by atoms with van der Waals surface area (Å²) in [6.45, 7) is 4.07. The number of nitrogens with one attached hydrogen (secondary N) is 2. The summed E-state index contributed by atoms with van der Waals surface area (Å²) in [4.78, 5) is 20.6. The molecule has 1 amide bonds. The molecule has 126 valence electrons. The molecule has 0 radical (unpaired) electrons. The highest BCUT2D eigenvalue weighted by molar-refractivity contribution is 6.30. The fraction of sp³-hybridized carbons (Fsp3) is 0.105. The van der Waals surface area contributed by atoms with Crippen molar-refractivity contribution in [2.45, 2.75) is 13.8 Å². The highest BCUT2D eigenvalue weighted by Gasteiger charge is 2.09. The molecule has 0 fully saturated rings. The predicted molar refractivity (Wildman–Crippen MR) is 101 cm³/mol. The van der Waals surface area contributed by atoms with Crippen molar-refractivity contribution in [2.24, 2.45) is 0 Å². The molecule has 5 nitrogen and oxygen atoms in total. The predicted octanol–water partition coefficient (Wildman–Crippen LogP) is 4.74. The lowest BCUT2D eigenvalue weighted by Gasteiger charge is -2.10. The molecule has 0 aliphatic heterocycles. The van der Waals surface area contributed by atoms with E-state index in [0.29, 0.717) is 16.5 Å². The van der Waals surface area contributed by atoms with Crippen LogP contribution >= 0.6 is 11.6 Å². The van der Waals surface area contributed by atoms with Gasteiger partial charge in [-0.25, -0.2) is 9.97 Å². The molecule has 25 heavy (non-hydrogen) atoms. The molecular weight excluding hydrogens is 336 g/mol. The van der Waals surface area contributed by atoms with Crippen LogP contribution in [-0.4, -0.2) is 15.9 Å². The number of benzene rings is 2. The summed E-state index contributed by atoms with van der Waals surface area (Å²) in [5, 5.41) is 6.56. The molecule has 2 aromatic carbocycles. The van der Waals surface area contributed by atoms with Crippen molar-refractivity contribution in [1.29, 1.82) is 0 Å². The zero-order chi connectivity index (χ0) is 17.8. The molecule has 2 N–H and O–H groups in total. The Morgan fingerprint density at radius 1 is 1.00 bits per heavy atom. The number of aryl methyl sites for hydroxylation is 2. The molecule has 0 bridgehead atoms. The van der Waals surface area contributed by atoms with Gasteiger partial charge in [0.05, 0.1) is 12.4 Å². The van der Waals surface area contributed by atoms with Gasteiger partial charge in [-0.1, -0.05) is 29.3 Å². The molecule has 3 aromatic rings. The molecule has 6 heteroatoms. The number of halogens is 1. The van der Waals surface area contributed by atoms with Crippen LogP contribution in [0.3, 0.4) is 0 Å². The van der Waals surface area contributed by atoms with Gasteiger partial charge in [0.25, 0.3) is 5.91 Å². The van der Waals surface area contributed by atoms with Crippen molar-refractivity contribution >= 4 is 34.7 Å². The lowest BCUT2D eigenvalue weighted by molar-refractivity contribution is 0.102. The van der Waals surface area contributed by atoms with Gasteiger partial charge in [-0.3, -0.25) is 4.79 Å². The van der Waals surface area contributed by atoms with E-state index >= 15 is 0 Å². The van der Waals surface area contributed by atoms with Gasteiger partial charge in [0.15, 0.2) is 0 Å². The van der Waals surface area contributed by atoms with Crippen molar-refractivity contribution in [2.75, 3.05) is 10.6 Å². The molecule has 1 heterocycles. The first-order valence-corrected chi connectivity index (χ1v) is 8.12. The Hall–Kier alpha value is -2.92. The standard InChI is InChI=1S/C19H17ClN4O/c1-12-3-8-16(13(2)9-12)24-18-11-21-17(10-22-18)19(25)23-15-6-4-14(20)5-7-15/h3-11H,1-2H3,(H,22,24)(H,23,25). The first-order chi connectivity index (χ1) is 12.0. The lowest BCUT2D eigenvalue weighted by atomic mass is 10.1. The Labute approximate surface area is 151 Å². The van der Waals surface area contributed by atoms with Gasteiger partial charge < -0.3 is 10.6 Å². The summed E-state index contributed by atoms with van der Waals surface area (Å²) >= 11 is 5.83. The van der Waals surface area contributed by atoms with E-state index in [4.69, 9.17) is 11.6 Å². The van der Waals surface area contributed by atoms with E-state index in [9.17, 15) is 4.79 Å². The summed E-state index contributed by atoms with van der Waals surface area (Å²) in [5.74, 6) is 0.253. The maximum absolute atomic E-state index is 12.2. The van der Waals surface area contributed by atoms with Gasteiger partial charge >= 0.3 is 0 Å². The highest BCUT2D eigenvalue weighted by Crippen LogP contribution is 2.20. The lowest BCUT2D eigenvalue weighted by Crippen LogP contribution is -2.14. The van der Waals surface area contributed by atoms with Crippen LogP contribution in [0.2, 0.25) is 5.02 Å². The van der Waals surface area contributed by atoms with Crippen LogP contribution in [0.25, 0.3) is 0 Å². The van der Waals surface area contributed by atoms with Crippen molar-refractivity contribution in [3.8, 4) is 0 Å². The Morgan fingerprint density at radius 3 is 2.40 bits per heavy atom. The fourth-order valence-electron chi connectivity index (χ4n) is 2.33. The van der Waals surface area contributed by atoms with E-state index < -0.39 is 0 Å². The molecule has 0 aliphatic rings. The van der Waals surface area contributed by atoms with Crippen LogP contribution in [0, 0.1) is 13.8 Å². The maximum Gasteiger partial charge on any atom is 0.275 e. The largest absolute Gasteiger partial charge is 0.339 e. The van der Waals surface area contributed by atoms with Crippen LogP contribution in [-0.2, 0) is 0 Å². The number of carbonyl (C=O) groups is 1. The number of hydrogen-bond acceptors (Lipinski definition) is 4. The molecule has 0 spiro atoms. The number of carbonyl (C=O) groups excluding carboxylic acids is 1. The number of nitrogens with zero attached hydrogens (tertiary/aromatic N) is 2. The monoisotopic (exact) mass is 352 g/mol. The van der Waals surface area contributed by atoms with Crippen LogP contribution in [0.5, 0.6) is 0 Å². The summed E-state index contributed by atoms with van der Waals surface area (Å²) in [7, 11) is 0. The Bertz CT molecular complexity index is 892. The van der Waals surface area contributed by atoms with Gasteiger partial charge in [0, 0.05) is 16.4 Å². The van der Waals surface area contributed by atoms with Gasteiger partial charge in [0.2, 0.25) is 0 Å². The minimum atomic E-state index is -0.326. The van der Waals surface area contributed by atoms with E-state index in [1.165, 1.54) is 18.0 Å². The van der Waals surface area contributed by atoms with Crippen molar-refractivity contribution < 1.29 is 4.79 Å². The average molecular weight is 353 g/mol. The Morgan fingerprint density at radius 2 is 1.76 bits per heavy atom. The second-order valence-corrected chi connectivity index (χ2v) is 6.13. The SMILES string of the molecule is Cc1ccc(Nc2cnc(C(=O)Nc3ccc(Cl)cc3)cn2)c(C)c1. The smallest absolute Gasteiger partial charge is 0.275 e. The zero-order valence-electron chi connectivity index (χ0n) is 13.9. The number of anilines is 3. The van der Waals surface area contributed by atoms with Crippen LogP contribution in [0.15, 0.2) is 54.9 Å². The van der Waals surface area contributed by atoms with E-state index in [2.05, 4.69) is 26.7 Å². The third-order valence-electron chi connectivity index (χ3n) is 3.63. The molecule has 0 aliphatic carbocycles. The maximum atomic E-state index is 12.2. The van der Waals surface area contributed by atoms with Crippen LogP contribution in [0.1, 0.15) is 21.6 Å². The van der Waals surface area contributed by atoms with E-state index in [1.54, 1.807) is 24.3 Å². The molecule has 1 aromatic heterocycles. The van der Waals surface area contributed by atoms with E-state index in [0.717, 1.165) is 11.3 Å². The van der Waals surface area contributed by atoms with Gasteiger partial charge in [0.1, 0.15) is 11.5 Å². The van der Waals surface area contributed by atoms with Crippen molar-refractivity contribution in [1.82, 2.24) is 9.97 Å². The normalized spacial score (nSPS) is 10.4. The van der Waals surface area contributed by atoms with Gasteiger partial charge in [-0.05, 0) is 49.7 Å². The quantitative estimate of drug-likeness (QED) is 0.711. The third-order valence-corrected chi connectivity index (χ3v) is 3.88. The number of rotatable bonds is 4. The Balaban J connectivity index is 1.69. The summed E-state index contributed by atoms with van der Waals surface area (Å²) in [6, 6.07) is 13.0. The highest BCUT2D eigenvalue weighted by atomic mass is 35.5. The topological polar surface area (TPSA) is 66.9 Å². The number of aromatic nitrogens is 2. The van der Waals surface area contributed by atoms with Crippen LogP contribution in [0.4, 0.5) is 17.2 Å². The Kier molecular flexibility index (Phi) is 4.95. The summed E-state index contributed by atoms with van der Waals surface area (Å²) < 4.78 is 0.